The summed E-state index contributed by atoms with van der Waals surface area (Å²) in [6, 6.07) is 10.7. The van der Waals surface area contributed by atoms with E-state index in [4.69, 9.17) is 11.6 Å². The highest BCUT2D eigenvalue weighted by Crippen LogP contribution is 2.32. The number of rotatable bonds is 9. The van der Waals surface area contributed by atoms with Gasteiger partial charge in [0.15, 0.2) is 0 Å². The second-order valence-corrected chi connectivity index (χ2v) is 9.45. The lowest BCUT2D eigenvalue weighted by Gasteiger charge is -2.25. The molecule has 2 aromatic heterocycles. The van der Waals surface area contributed by atoms with Crippen LogP contribution < -0.4 is 10.6 Å². The van der Waals surface area contributed by atoms with E-state index in [-0.39, 0.29) is 43.7 Å². The number of hydrogen-bond donors (Lipinski definition) is 5. The summed E-state index contributed by atoms with van der Waals surface area (Å²) < 4.78 is 0.656. The lowest BCUT2D eigenvalue weighted by molar-refractivity contribution is -0.123. The van der Waals surface area contributed by atoms with Gasteiger partial charge in [-0.05, 0) is 29.7 Å². The average molecular weight is 477 g/mol. The molecule has 32 heavy (non-hydrogen) atoms. The Hall–Kier alpha value is -2.43. The van der Waals surface area contributed by atoms with Gasteiger partial charge in [0.05, 0.1) is 36.2 Å². The minimum atomic E-state index is -0.377. The van der Waals surface area contributed by atoms with Crippen molar-refractivity contribution in [1.82, 2.24) is 20.5 Å². The summed E-state index contributed by atoms with van der Waals surface area (Å²) in [6.07, 6.45) is 0.602. The third-order valence-electron chi connectivity index (χ3n) is 5.59. The first-order valence-electron chi connectivity index (χ1n) is 10.4. The summed E-state index contributed by atoms with van der Waals surface area (Å²) in [5.74, 6) is -0.480. The zero-order chi connectivity index (χ0) is 22.7. The Kier molecular flexibility index (Phi) is 7.12. The first-order valence-corrected chi connectivity index (χ1v) is 11.6. The molecule has 5 N–H and O–H groups in total. The molecule has 0 saturated carbocycles. The van der Waals surface area contributed by atoms with E-state index in [1.165, 1.54) is 11.3 Å². The smallest absolute Gasteiger partial charge is 0.268 e. The molecular weight excluding hydrogens is 452 g/mol. The molecule has 3 aromatic rings. The fourth-order valence-electron chi connectivity index (χ4n) is 4.14. The number of nitrogens with one attached hydrogen (secondary N) is 3. The molecule has 2 heterocycles. The maximum absolute atomic E-state index is 12.9. The summed E-state index contributed by atoms with van der Waals surface area (Å²) in [5.41, 5.74) is 2.49. The number of carbonyl (C=O) groups is 2. The van der Waals surface area contributed by atoms with Crippen molar-refractivity contribution in [3.63, 3.8) is 0 Å². The number of hydrogen-bond acceptors (Lipinski definition) is 6. The second-order valence-electron chi connectivity index (χ2n) is 7.77. The SMILES string of the molecule is O=C(CN(CCO)CCO)N[C@H]1c2ccccc2C[C@H]1NC(=O)c1cc2cc(Cl)sc2[nH]1. The summed E-state index contributed by atoms with van der Waals surface area (Å²) in [7, 11) is 0. The second kappa shape index (κ2) is 10.0. The maximum atomic E-state index is 12.9. The molecule has 2 atom stereocenters. The molecule has 0 unspecified atom stereocenters. The number of aliphatic hydroxyl groups is 2. The van der Waals surface area contributed by atoms with Crippen molar-refractivity contribution in [2.75, 3.05) is 32.8 Å². The lowest BCUT2D eigenvalue weighted by Crippen LogP contribution is -2.47. The monoisotopic (exact) mass is 476 g/mol. The number of nitrogens with zero attached hydrogens (tertiary/aromatic N) is 1. The van der Waals surface area contributed by atoms with Gasteiger partial charge in [-0.1, -0.05) is 35.9 Å². The molecule has 0 fully saturated rings. The third-order valence-corrected chi connectivity index (χ3v) is 6.78. The fourth-order valence-corrected chi connectivity index (χ4v) is 5.27. The zero-order valence-electron chi connectivity index (χ0n) is 17.3. The molecule has 1 aromatic carbocycles. The Morgan fingerprint density at radius 2 is 1.91 bits per heavy atom. The van der Waals surface area contributed by atoms with Crippen LogP contribution in [0.1, 0.15) is 27.7 Å². The van der Waals surface area contributed by atoms with E-state index < -0.39 is 0 Å². The number of benzene rings is 1. The van der Waals surface area contributed by atoms with Gasteiger partial charge in [-0.25, -0.2) is 0 Å². The van der Waals surface area contributed by atoms with Crippen LogP contribution in [0.3, 0.4) is 0 Å². The van der Waals surface area contributed by atoms with Gasteiger partial charge >= 0.3 is 0 Å². The molecule has 1 aliphatic rings. The summed E-state index contributed by atoms with van der Waals surface area (Å²) in [6.45, 7) is 0.439. The summed E-state index contributed by atoms with van der Waals surface area (Å²) in [4.78, 5) is 31.3. The number of fused-ring (bicyclic) bond motifs is 2. The van der Waals surface area contributed by atoms with E-state index in [1.807, 2.05) is 30.3 Å². The largest absolute Gasteiger partial charge is 0.395 e. The summed E-state index contributed by atoms with van der Waals surface area (Å²) >= 11 is 7.39. The van der Waals surface area contributed by atoms with Crippen molar-refractivity contribution in [1.29, 1.82) is 0 Å². The standard InChI is InChI=1S/C22H25ClN4O4S/c23-18-11-14-10-17(25-22(14)32-18)21(31)24-16-9-13-3-1-2-4-15(13)20(16)26-19(30)12-27(5-7-28)6-8-29/h1-4,10-11,16,20,25,28-29H,5-9,12H2,(H,24,31)(H,26,30)/t16-,20+/m1/s1. The molecule has 0 spiro atoms. The van der Waals surface area contributed by atoms with E-state index in [9.17, 15) is 19.8 Å². The zero-order valence-corrected chi connectivity index (χ0v) is 18.9. The Balaban J connectivity index is 1.48. The van der Waals surface area contributed by atoms with Crippen LogP contribution in [0.2, 0.25) is 4.34 Å². The maximum Gasteiger partial charge on any atom is 0.268 e. The third kappa shape index (κ3) is 4.97. The molecule has 0 aliphatic heterocycles. The number of H-pyrrole nitrogens is 1. The first kappa shape index (κ1) is 22.8. The van der Waals surface area contributed by atoms with Gasteiger partial charge in [-0.15, -0.1) is 11.3 Å². The molecule has 4 rings (SSSR count). The van der Waals surface area contributed by atoms with Crippen LogP contribution in [0, 0.1) is 0 Å². The van der Waals surface area contributed by atoms with Crippen LogP contribution in [0.15, 0.2) is 36.4 Å². The van der Waals surface area contributed by atoms with Crippen molar-refractivity contribution in [2.45, 2.75) is 18.5 Å². The van der Waals surface area contributed by atoms with E-state index in [0.717, 1.165) is 21.3 Å². The Bertz CT molecular complexity index is 1080. The van der Waals surface area contributed by atoms with Gasteiger partial charge in [0.1, 0.15) is 10.5 Å². The predicted octanol–water partition coefficient (Wildman–Crippen LogP) is 1.68. The Labute approximate surface area is 194 Å². The molecule has 2 amide bonds. The minimum absolute atomic E-state index is 0.0497. The van der Waals surface area contributed by atoms with Gasteiger partial charge in [0.2, 0.25) is 5.91 Å². The molecule has 0 saturated heterocycles. The topological polar surface area (TPSA) is 118 Å². The highest BCUT2D eigenvalue weighted by atomic mass is 35.5. The molecule has 0 bridgehead atoms. The average Bonchev–Trinajstić information content (AvgIpc) is 3.40. The quantitative estimate of drug-likeness (QED) is 0.322. The van der Waals surface area contributed by atoms with Gasteiger partial charge in [-0.2, -0.15) is 0 Å². The number of carbonyl (C=O) groups excluding carboxylic acids is 2. The van der Waals surface area contributed by atoms with Crippen molar-refractivity contribution < 1.29 is 19.8 Å². The van der Waals surface area contributed by atoms with Crippen LogP contribution in [0.4, 0.5) is 0 Å². The van der Waals surface area contributed by atoms with Crippen molar-refractivity contribution in [2.24, 2.45) is 0 Å². The van der Waals surface area contributed by atoms with E-state index in [2.05, 4.69) is 15.6 Å². The Morgan fingerprint density at radius 3 is 2.62 bits per heavy atom. The van der Waals surface area contributed by atoms with E-state index >= 15 is 0 Å². The number of thiophene rings is 1. The highest BCUT2D eigenvalue weighted by molar-refractivity contribution is 7.22. The number of aromatic amines is 1. The van der Waals surface area contributed by atoms with Crippen LogP contribution in [0.25, 0.3) is 10.2 Å². The molecule has 1 aliphatic carbocycles. The molecular formula is C22H25ClN4O4S. The van der Waals surface area contributed by atoms with Crippen molar-refractivity contribution in [3.8, 4) is 0 Å². The van der Waals surface area contributed by atoms with Crippen LogP contribution in [-0.2, 0) is 11.2 Å². The van der Waals surface area contributed by atoms with Crippen molar-refractivity contribution in [3.05, 3.63) is 57.6 Å². The molecule has 8 nitrogen and oxygen atoms in total. The van der Waals surface area contributed by atoms with Crippen LogP contribution in [0.5, 0.6) is 0 Å². The number of amides is 2. The minimum Gasteiger partial charge on any atom is -0.395 e. The van der Waals surface area contributed by atoms with E-state index in [1.54, 1.807) is 11.0 Å². The number of halogens is 1. The predicted molar refractivity (Wildman–Crippen MR) is 124 cm³/mol. The van der Waals surface area contributed by atoms with Crippen LogP contribution >= 0.6 is 22.9 Å². The van der Waals surface area contributed by atoms with Crippen LogP contribution in [-0.4, -0.2) is 70.8 Å². The highest BCUT2D eigenvalue weighted by Gasteiger charge is 2.35. The fraction of sp³-hybridized carbons (Fsp3) is 0.364. The number of aromatic nitrogens is 1. The molecule has 10 heteroatoms. The number of aliphatic hydroxyl groups excluding tert-OH is 2. The molecule has 170 valence electrons. The van der Waals surface area contributed by atoms with Gasteiger partial charge in [0, 0.05) is 18.5 Å². The lowest BCUT2D eigenvalue weighted by atomic mass is 10.1. The Morgan fingerprint density at radius 1 is 1.16 bits per heavy atom. The summed E-state index contributed by atoms with van der Waals surface area (Å²) in [5, 5.41) is 25.3. The van der Waals surface area contributed by atoms with E-state index in [0.29, 0.717) is 29.5 Å². The molecule has 0 radical (unpaired) electrons. The first-order chi connectivity index (χ1) is 15.5. The van der Waals surface area contributed by atoms with Gasteiger partial charge in [0.25, 0.3) is 5.91 Å². The van der Waals surface area contributed by atoms with Crippen molar-refractivity contribution >= 4 is 45.0 Å². The normalized spacial score (nSPS) is 17.6. The van der Waals surface area contributed by atoms with Gasteiger partial charge in [-0.3, -0.25) is 14.5 Å². The van der Waals surface area contributed by atoms with Gasteiger partial charge < -0.3 is 25.8 Å².